The lowest BCUT2D eigenvalue weighted by molar-refractivity contribution is 0.503. The Balaban J connectivity index is 3.05. The average Bonchev–Trinajstić information content (AvgIpc) is 1.98. The van der Waals surface area contributed by atoms with Crippen molar-refractivity contribution < 1.29 is 4.74 Å². The van der Waals surface area contributed by atoms with Gasteiger partial charge in [0.1, 0.15) is 5.75 Å². The first kappa shape index (κ1) is 8.04. The normalized spacial score (nSPS) is 8.82. The number of ether oxygens (including phenoxy) is 1. The first-order valence-electron chi connectivity index (χ1n) is 3.16. The average molecular weight is 165 g/mol. The van der Waals surface area contributed by atoms with Gasteiger partial charge in [-0.25, -0.2) is 0 Å². The Labute approximate surface area is 68.0 Å². The highest BCUT2D eigenvalue weighted by Gasteiger charge is 1.97. The van der Waals surface area contributed by atoms with Crippen molar-refractivity contribution in [2.75, 3.05) is 0 Å². The molecule has 11 heavy (non-hydrogen) atoms. The lowest BCUT2D eigenvalue weighted by Crippen LogP contribution is -1.93. The van der Waals surface area contributed by atoms with E-state index >= 15 is 0 Å². The Kier molecular flexibility index (Phi) is 2.46. The zero-order chi connectivity index (χ0) is 8.27. The van der Waals surface area contributed by atoms with Crippen LogP contribution < -0.4 is 10.0 Å². The van der Waals surface area contributed by atoms with Gasteiger partial charge in [-0.3, -0.25) is 0 Å². The van der Waals surface area contributed by atoms with Crippen LogP contribution in [0.25, 0.3) is 0 Å². The second-order valence-electron chi connectivity index (χ2n) is 2.22. The molecular formula is C8H8NOP. The van der Waals surface area contributed by atoms with Gasteiger partial charge >= 0.3 is 0 Å². The van der Waals surface area contributed by atoms with E-state index in [1.807, 2.05) is 25.1 Å². The maximum atomic E-state index is 8.26. The van der Waals surface area contributed by atoms with Crippen molar-refractivity contribution >= 4 is 14.5 Å². The fourth-order valence-electron chi connectivity index (χ4n) is 0.776. The number of rotatable bonds is 1. The third-order valence-corrected chi connectivity index (χ3v) is 1.73. The number of aryl methyl sites for hydroxylation is 1. The second-order valence-corrected chi connectivity index (χ2v) is 2.88. The van der Waals surface area contributed by atoms with E-state index in [4.69, 9.17) is 10.00 Å². The van der Waals surface area contributed by atoms with E-state index in [-0.39, 0.29) is 0 Å². The van der Waals surface area contributed by atoms with Crippen LogP contribution in [0.2, 0.25) is 0 Å². The minimum Gasteiger partial charge on any atom is -0.388 e. The monoisotopic (exact) mass is 165 g/mol. The van der Waals surface area contributed by atoms with Gasteiger partial charge in [0.15, 0.2) is 0 Å². The third-order valence-electron chi connectivity index (χ3n) is 1.37. The van der Waals surface area contributed by atoms with Crippen LogP contribution in [-0.4, -0.2) is 0 Å². The van der Waals surface area contributed by atoms with Crippen molar-refractivity contribution in [1.82, 2.24) is 0 Å². The highest BCUT2D eigenvalue weighted by molar-refractivity contribution is 7.27. The summed E-state index contributed by atoms with van der Waals surface area (Å²) in [6.07, 6.45) is 1.64. The molecule has 0 fully saturated rings. The van der Waals surface area contributed by atoms with E-state index in [0.717, 1.165) is 10.9 Å². The van der Waals surface area contributed by atoms with Crippen LogP contribution in [0.4, 0.5) is 0 Å². The standard InChI is InChI=1S/C8H8NOP/c1-6-2-3-7(11)4-8(6)10-5-9/h2-4H,11H2,1H3. The lowest BCUT2D eigenvalue weighted by Gasteiger charge is -2.00. The fraction of sp³-hybridized carbons (Fsp3) is 0.125. The summed E-state index contributed by atoms with van der Waals surface area (Å²) in [7, 11) is 2.55. The molecule has 56 valence electrons. The van der Waals surface area contributed by atoms with Crippen molar-refractivity contribution in [1.29, 1.82) is 5.26 Å². The molecule has 1 rings (SSSR count). The number of nitriles is 1. The number of nitrogens with zero attached hydrogens (tertiary/aromatic N) is 1. The van der Waals surface area contributed by atoms with Crippen LogP contribution >= 0.6 is 9.24 Å². The van der Waals surface area contributed by atoms with Gasteiger partial charge in [-0.1, -0.05) is 12.1 Å². The molecule has 0 spiro atoms. The van der Waals surface area contributed by atoms with Gasteiger partial charge in [0, 0.05) is 0 Å². The summed E-state index contributed by atoms with van der Waals surface area (Å²) in [5, 5.41) is 9.27. The van der Waals surface area contributed by atoms with E-state index < -0.39 is 0 Å². The molecule has 1 atom stereocenters. The molecular weight excluding hydrogens is 157 g/mol. The molecule has 0 heterocycles. The van der Waals surface area contributed by atoms with E-state index in [1.165, 1.54) is 0 Å². The van der Waals surface area contributed by atoms with Crippen LogP contribution in [0.3, 0.4) is 0 Å². The molecule has 0 aliphatic heterocycles. The van der Waals surface area contributed by atoms with Gasteiger partial charge in [-0.2, -0.15) is 0 Å². The summed E-state index contributed by atoms with van der Waals surface area (Å²) in [4.78, 5) is 0. The van der Waals surface area contributed by atoms with Crippen LogP contribution in [0.15, 0.2) is 18.2 Å². The lowest BCUT2D eigenvalue weighted by atomic mass is 10.2. The molecule has 0 bridgehead atoms. The summed E-state index contributed by atoms with van der Waals surface area (Å²) in [6.45, 7) is 1.90. The molecule has 2 nitrogen and oxygen atoms in total. The quantitative estimate of drug-likeness (QED) is 0.465. The molecule has 0 amide bonds. The van der Waals surface area contributed by atoms with Gasteiger partial charge in [0.25, 0.3) is 6.26 Å². The summed E-state index contributed by atoms with van der Waals surface area (Å²) in [5.74, 6) is 0.625. The molecule has 0 saturated carbocycles. The Morgan fingerprint density at radius 3 is 2.91 bits per heavy atom. The molecule has 1 unspecified atom stereocenters. The van der Waals surface area contributed by atoms with Crippen LogP contribution in [0.1, 0.15) is 5.56 Å². The minimum atomic E-state index is 0.625. The number of benzene rings is 1. The number of hydrogen-bond acceptors (Lipinski definition) is 2. The van der Waals surface area contributed by atoms with Crippen molar-refractivity contribution in [3.63, 3.8) is 0 Å². The Bertz CT molecular complexity index is 303. The zero-order valence-corrected chi connectivity index (χ0v) is 7.32. The molecule has 0 N–H and O–H groups in total. The molecule has 1 aromatic rings. The molecule has 0 saturated heterocycles. The maximum absolute atomic E-state index is 8.26. The van der Waals surface area contributed by atoms with Crippen molar-refractivity contribution in [3.05, 3.63) is 23.8 Å². The van der Waals surface area contributed by atoms with Gasteiger partial charge < -0.3 is 4.74 Å². The highest BCUT2D eigenvalue weighted by atomic mass is 31.0. The molecule has 0 radical (unpaired) electrons. The minimum absolute atomic E-state index is 0.625. The number of hydrogen-bond donors (Lipinski definition) is 0. The Morgan fingerprint density at radius 1 is 1.55 bits per heavy atom. The highest BCUT2D eigenvalue weighted by Crippen LogP contribution is 2.15. The summed E-state index contributed by atoms with van der Waals surface area (Å²) < 4.78 is 4.71. The molecule has 0 aliphatic rings. The first-order chi connectivity index (χ1) is 5.24. The van der Waals surface area contributed by atoms with Crippen LogP contribution in [-0.2, 0) is 0 Å². The largest absolute Gasteiger partial charge is 0.388 e. The fourth-order valence-corrected chi connectivity index (χ4v) is 1.02. The zero-order valence-electron chi connectivity index (χ0n) is 6.16. The van der Waals surface area contributed by atoms with Gasteiger partial charge in [-0.05, 0) is 23.9 Å². The Morgan fingerprint density at radius 2 is 2.27 bits per heavy atom. The smallest absolute Gasteiger partial charge is 0.292 e. The van der Waals surface area contributed by atoms with Crippen LogP contribution in [0.5, 0.6) is 5.75 Å². The summed E-state index contributed by atoms with van der Waals surface area (Å²) in [6, 6.07) is 5.67. The predicted octanol–water partition coefficient (Wildman–Crippen LogP) is 1.36. The van der Waals surface area contributed by atoms with Gasteiger partial charge in [0.2, 0.25) is 0 Å². The maximum Gasteiger partial charge on any atom is 0.292 e. The van der Waals surface area contributed by atoms with E-state index in [1.54, 1.807) is 6.26 Å². The molecule has 0 aromatic heterocycles. The first-order valence-corrected chi connectivity index (χ1v) is 3.74. The predicted molar refractivity (Wildman–Crippen MR) is 46.8 cm³/mol. The molecule has 0 aliphatic carbocycles. The summed E-state index contributed by atoms with van der Waals surface area (Å²) in [5.41, 5.74) is 0.970. The Hall–Kier alpha value is -1.06. The summed E-state index contributed by atoms with van der Waals surface area (Å²) >= 11 is 0. The van der Waals surface area contributed by atoms with Gasteiger partial charge in [0.05, 0.1) is 0 Å². The van der Waals surface area contributed by atoms with E-state index in [9.17, 15) is 0 Å². The molecule has 3 heteroatoms. The van der Waals surface area contributed by atoms with Crippen molar-refractivity contribution in [3.8, 4) is 12.0 Å². The topological polar surface area (TPSA) is 33.0 Å². The third kappa shape index (κ3) is 1.93. The van der Waals surface area contributed by atoms with E-state index in [0.29, 0.717) is 5.75 Å². The van der Waals surface area contributed by atoms with E-state index in [2.05, 4.69) is 9.24 Å². The van der Waals surface area contributed by atoms with Crippen molar-refractivity contribution in [2.24, 2.45) is 0 Å². The second kappa shape index (κ2) is 3.37. The molecule has 1 aromatic carbocycles. The van der Waals surface area contributed by atoms with Crippen molar-refractivity contribution in [2.45, 2.75) is 6.92 Å². The van der Waals surface area contributed by atoms with Gasteiger partial charge in [-0.15, -0.1) is 14.5 Å². The SMILES string of the molecule is Cc1ccc(P)cc1OC#N. The van der Waals surface area contributed by atoms with Crippen LogP contribution in [0, 0.1) is 18.4 Å².